The fourth-order valence-electron chi connectivity index (χ4n) is 2.16. The van der Waals surface area contributed by atoms with Gasteiger partial charge in [0, 0.05) is 6.61 Å². The van der Waals surface area contributed by atoms with E-state index in [0.29, 0.717) is 33.6 Å². The van der Waals surface area contributed by atoms with Crippen molar-refractivity contribution in [2.45, 2.75) is 13.8 Å². The summed E-state index contributed by atoms with van der Waals surface area (Å²) in [6.07, 6.45) is 0. The average molecular weight is 519 g/mol. The highest BCUT2D eigenvalue weighted by Gasteiger charge is 2.15. The van der Waals surface area contributed by atoms with E-state index in [1.54, 1.807) is 41.7 Å². The second-order valence-corrected chi connectivity index (χ2v) is 7.16. The van der Waals surface area contributed by atoms with Gasteiger partial charge in [-0.15, -0.1) is 17.0 Å². The van der Waals surface area contributed by atoms with Crippen molar-refractivity contribution in [3.8, 4) is 0 Å². The largest absolute Gasteiger partial charge is 0.435 e. The topological polar surface area (TPSA) is 47.6 Å². The summed E-state index contributed by atoms with van der Waals surface area (Å²) in [4.78, 5) is 12.2. The molecule has 0 fully saturated rings. The van der Waals surface area contributed by atoms with Crippen molar-refractivity contribution in [2.75, 3.05) is 18.7 Å². The summed E-state index contributed by atoms with van der Waals surface area (Å²) >= 11 is 14.2. The van der Waals surface area contributed by atoms with Gasteiger partial charge in [0.05, 0.1) is 27.0 Å². The van der Waals surface area contributed by atoms with Gasteiger partial charge in [0.15, 0.2) is 6.79 Å². The number of nitrogens with one attached hydrogen (secondary N) is 1. The van der Waals surface area contributed by atoms with E-state index in [1.807, 2.05) is 42.8 Å². The van der Waals surface area contributed by atoms with E-state index >= 15 is 0 Å². The van der Waals surface area contributed by atoms with Crippen LogP contribution in [0.25, 0.3) is 0 Å². The number of hydrogen-bond acceptors (Lipinski definition) is 5. The molecule has 0 unspecified atom stereocenters. The van der Waals surface area contributed by atoms with E-state index in [1.165, 1.54) is 0 Å². The first-order valence-electron chi connectivity index (χ1n) is 8.57. The molecule has 1 N–H and O–H groups in total. The predicted molar refractivity (Wildman–Crippen MR) is 127 cm³/mol. The van der Waals surface area contributed by atoms with E-state index in [-0.39, 0.29) is 23.8 Å². The van der Waals surface area contributed by atoms with E-state index < -0.39 is 5.97 Å². The normalized spacial score (nSPS) is 9.66. The van der Waals surface area contributed by atoms with Crippen molar-refractivity contribution >= 4 is 68.9 Å². The number of para-hydroxylation sites is 1. The molecule has 156 valence electrons. The van der Waals surface area contributed by atoms with Crippen LogP contribution in [0.2, 0.25) is 10.0 Å². The fourth-order valence-corrected chi connectivity index (χ4v) is 3.08. The highest BCUT2D eigenvalue weighted by molar-refractivity contribution is 8.93. The Kier molecular flexibility index (Phi) is 12.0. The molecule has 1 heterocycles. The maximum Gasteiger partial charge on any atom is 0.342 e. The molecule has 0 aliphatic rings. The van der Waals surface area contributed by atoms with Gasteiger partial charge in [0.1, 0.15) is 0 Å². The van der Waals surface area contributed by atoms with Crippen LogP contribution in [0.4, 0.5) is 11.4 Å². The molecule has 0 aliphatic carbocycles. The standard InChI is InChI=1S/C17H17Cl2NO3.C4H4S.BrH/c1-3-22-10-23-17(21)12-6-4-5-7-14(12)20-16-13(18)9-8-11(2)15(16)19;1-2-4-5-3-1;/h4-9,20H,3,10H2,1-2H3;1-4H;1H. The minimum Gasteiger partial charge on any atom is -0.435 e. The zero-order valence-corrected chi connectivity index (χ0v) is 20.0. The lowest BCUT2D eigenvalue weighted by molar-refractivity contribution is -0.0273. The molecule has 0 atom stereocenters. The van der Waals surface area contributed by atoms with E-state index in [4.69, 9.17) is 32.7 Å². The first-order chi connectivity index (χ1) is 13.5. The Hall–Kier alpha value is -1.57. The predicted octanol–water partition coefficient (Wildman–Crippen LogP) is 7.52. The van der Waals surface area contributed by atoms with Crippen molar-refractivity contribution in [3.05, 3.63) is 80.5 Å². The number of esters is 1. The highest BCUT2D eigenvalue weighted by Crippen LogP contribution is 2.36. The van der Waals surface area contributed by atoms with Crippen molar-refractivity contribution in [1.82, 2.24) is 0 Å². The third-order valence-electron chi connectivity index (χ3n) is 3.59. The van der Waals surface area contributed by atoms with Crippen LogP contribution in [-0.2, 0) is 9.47 Å². The van der Waals surface area contributed by atoms with Gasteiger partial charge in [-0.2, -0.15) is 11.3 Å². The van der Waals surface area contributed by atoms with Gasteiger partial charge >= 0.3 is 5.97 Å². The number of rotatable bonds is 6. The van der Waals surface area contributed by atoms with Crippen molar-refractivity contribution in [3.63, 3.8) is 0 Å². The number of halogens is 3. The molecule has 0 saturated heterocycles. The van der Waals surface area contributed by atoms with Crippen molar-refractivity contribution < 1.29 is 14.3 Å². The fraction of sp³-hybridized carbons (Fsp3) is 0.190. The Morgan fingerprint density at radius 1 is 1.07 bits per heavy atom. The summed E-state index contributed by atoms with van der Waals surface area (Å²) in [5.41, 5.74) is 2.37. The van der Waals surface area contributed by atoms with E-state index in [9.17, 15) is 4.79 Å². The number of hydrogen-bond donors (Lipinski definition) is 1. The molecule has 29 heavy (non-hydrogen) atoms. The highest BCUT2D eigenvalue weighted by atomic mass is 79.9. The minimum absolute atomic E-state index is 0. The second-order valence-electron chi connectivity index (χ2n) is 5.56. The SMILES string of the molecule is Br.CCOCOC(=O)c1ccccc1Nc1c(Cl)ccc(C)c1Cl.c1ccsc1. The second kappa shape index (κ2) is 13.6. The van der Waals surface area contributed by atoms with Crippen LogP contribution in [0, 0.1) is 6.92 Å². The molecule has 0 saturated carbocycles. The number of benzene rings is 2. The lowest BCUT2D eigenvalue weighted by Crippen LogP contribution is -2.11. The lowest BCUT2D eigenvalue weighted by Gasteiger charge is -2.15. The summed E-state index contributed by atoms with van der Waals surface area (Å²) in [6, 6.07) is 14.6. The van der Waals surface area contributed by atoms with Gasteiger partial charge in [-0.05, 0) is 48.4 Å². The van der Waals surface area contributed by atoms with Gasteiger partial charge in [0.25, 0.3) is 0 Å². The number of aryl methyl sites for hydroxylation is 1. The Bertz CT molecular complexity index is 874. The Morgan fingerprint density at radius 2 is 1.76 bits per heavy atom. The van der Waals surface area contributed by atoms with E-state index in [2.05, 4.69) is 5.32 Å². The molecule has 0 amide bonds. The zero-order valence-electron chi connectivity index (χ0n) is 16.0. The molecule has 3 aromatic rings. The Balaban J connectivity index is 0.000000610. The van der Waals surface area contributed by atoms with Crippen LogP contribution in [0.5, 0.6) is 0 Å². The monoisotopic (exact) mass is 517 g/mol. The van der Waals surface area contributed by atoms with Crippen LogP contribution in [0.15, 0.2) is 59.3 Å². The zero-order chi connectivity index (χ0) is 20.4. The molecule has 0 radical (unpaired) electrons. The molecular weight excluding hydrogens is 497 g/mol. The Morgan fingerprint density at radius 3 is 2.38 bits per heavy atom. The van der Waals surface area contributed by atoms with Crippen molar-refractivity contribution in [1.29, 1.82) is 0 Å². The number of ether oxygens (including phenoxy) is 2. The summed E-state index contributed by atoms with van der Waals surface area (Å²) in [5, 5.41) is 8.18. The molecule has 2 aromatic carbocycles. The molecule has 1 aromatic heterocycles. The molecule has 0 aliphatic heterocycles. The van der Waals surface area contributed by atoms with Crippen LogP contribution in [-0.4, -0.2) is 19.4 Å². The van der Waals surface area contributed by atoms with E-state index in [0.717, 1.165) is 5.56 Å². The smallest absolute Gasteiger partial charge is 0.342 e. The maximum absolute atomic E-state index is 12.2. The third kappa shape index (κ3) is 7.99. The van der Waals surface area contributed by atoms with Crippen LogP contribution < -0.4 is 5.32 Å². The third-order valence-corrected chi connectivity index (χ3v) is 5.02. The van der Waals surface area contributed by atoms with Gasteiger partial charge in [-0.3, -0.25) is 0 Å². The van der Waals surface area contributed by atoms with Crippen LogP contribution in [0.3, 0.4) is 0 Å². The molecule has 8 heteroatoms. The maximum atomic E-state index is 12.2. The first kappa shape index (κ1) is 25.5. The first-order valence-corrected chi connectivity index (χ1v) is 10.3. The summed E-state index contributed by atoms with van der Waals surface area (Å²) < 4.78 is 10.1. The lowest BCUT2D eigenvalue weighted by atomic mass is 10.1. The number of thiophene rings is 1. The summed E-state index contributed by atoms with van der Waals surface area (Å²) in [7, 11) is 0. The van der Waals surface area contributed by atoms with Gasteiger partial charge < -0.3 is 14.8 Å². The number of carbonyl (C=O) groups is 1. The Labute approximate surface area is 195 Å². The molecule has 3 rings (SSSR count). The van der Waals surface area contributed by atoms with Gasteiger partial charge in [-0.1, -0.05) is 53.5 Å². The van der Waals surface area contributed by atoms with Crippen LogP contribution in [0.1, 0.15) is 22.8 Å². The number of carbonyl (C=O) groups excluding carboxylic acids is 1. The summed E-state index contributed by atoms with van der Waals surface area (Å²) in [6.45, 7) is 4.09. The van der Waals surface area contributed by atoms with Crippen molar-refractivity contribution in [2.24, 2.45) is 0 Å². The van der Waals surface area contributed by atoms with Crippen LogP contribution >= 0.6 is 51.5 Å². The molecule has 4 nitrogen and oxygen atoms in total. The summed E-state index contributed by atoms with van der Waals surface area (Å²) in [5.74, 6) is -0.485. The molecule has 0 spiro atoms. The molecule has 0 bridgehead atoms. The van der Waals surface area contributed by atoms with Gasteiger partial charge in [0.2, 0.25) is 0 Å². The van der Waals surface area contributed by atoms with Gasteiger partial charge in [-0.25, -0.2) is 4.79 Å². The molecular formula is C21H22BrCl2NO3S. The number of anilines is 2. The minimum atomic E-state index is -0.485. The quantitative estimate of drug-likeness (QED) is 0.208. The average Bonchev–Trinajstić information content (AvgIpc) is 3.29.